The molecule has 0 aliphatic carbocycles. The lowest BCUT2D eigenvalue weighted by molar-refractivity contribution is -0.121. The van der Waals surface area contributed by atoms with Gasteiger partial charge in [-0.05, 0) is 80.0 Å². The van der Waals surface area contributed by atoms with Gasteiger partial charge in [0.1, 0.15) is 17.3 Å². The summed E-state index contributed by atoms with van der Waals surface area (Å²) in [5, 5.41) is 2.89. The Morgan fingerprint density at radius 1 is 0.973 bits per heavy atom. The Kier molecular flexibility index (Phi) is 8.30. The third-order valence-corrected chi connectivity index (χ3v) is 7.74. The Hall–Kier alpha value is -3.63. The summed E-state index contributed by atoms with van der Waals surface area (Å²) in [6.45, 7) is 2.27. The summed E-state index contributed by atoms with van der Waals surface area (Å²) in [6, 6.07) is 17.3. The quantitative estimate of drug-likeness (QED) is 0.426. The fraction of sp³-hybridized carbons (Fsp3) is 0.296. The van der Waals surface area contributed by atoms with Gasteiger partial charge in [-0.15, -0.1) is 0 Å². The maximum absolute atomic E-state index is 13.1. The summed E-state index contributed by atoms with van der Waals surface area (Å²) in [6.07, 6.45) is 1.43. The van der Waals surface area contributed by atoms with Crippen molar-refractivity contribution < 1.29 is 27.1 Å². The van der Waals surface area contributed by atoms with E-state index in [1.54, 1.807) is 42.5 Å². The SMILES string of the molecule is COc1ccc(NS(=O)(=O)c2ccc(NC(=O)C3CCN(Cc4ccc(F)cc4)CC3)cc2)c(OC)c1. The number of anilines is 2. The topological polar surface area (TPSA) is 97.0 Å². The van der Waals surface area contributed by atoms with Crippen molar-refractivity contribution in [3.8, 4) is 11.5 Å². The van der Waals surface area contributed by atoms with Crippen molar-refractivity contribution in [2.45, 2.75) is 24.3 Å². The van der Waals surface area contributed by atoms with Crippen LogP contribution in [0.5, 0.6) is 11.5 Å². The van der Waals surface area contributed by atoms with Crippen LogP contribution < -0.4 is 19.5 Å². The predicted octanol–water partition coefficient (Wildman–Crippen LogP) is 4.49. The minimum atomic E-state index is -3.88. The van der Waals surface area contributed by atoms with E-state index in [1.807, 2.05) is 0 Å². The van der Waals surface area contributed by atoms with E-state index >= 15 is 0 Å². The van der Waals surface area contributed by atoms with E-state index < -0.39 is 10.0 Å². The predicted molar refractivity (Wildman–Crippen MR) is 140 cm³/mol. The number of methoxy groups -OCH3 is 2. The third-order valence-electron chi connectivity index (χ3n) is 6.36. The number of hydrogen-bond donors (Lipinski definition) is 2. The molecule has 4 rings (SSSR count). The second kappa shape index (κ2) is 11.6. The highest BCUT2D eigenvalue weighted by atomic mass is 32.2. The number of sulfonamides is 1. The zero-order chi connectivity index (χ0) is 26.4. The van der Waals surface area contributed by atoms with Crippen LogP contribution in [0.4, 0.5) is 15.8 Å². The fourth-order valence-electron chi connectivity index (χ4n) is 4.25. The first-order valence-corrected chi connectivity index (χ1v) is 13.4. The molecule has 0 saturated carbocycles. The molecule has 8 nitrogen and oxygen atoms in total. The third kappa shape index (κ3) is 6.78. The molecule has 1 saturated heterocycles. The highest BCUT2D eigenvalue weighted by Crippen LogP contribution is 2.31. The van der Waals surface area contributed by atoms with E-state index in [2.05, 4.69) is 14.9 Å². The number of nitrogens with zero attached hydrogens (tertiary/aromatic N) is 1. The highest BCUT2D eigenvalue weighted by Gasteiger charge is 2.25. The van der Waals surface area contributed by atoms with Crippen LogP contribution in [0.1, 0.15) is 18.4 Å². The molecule has 37 heavy (non-hydrogen) atoms. The van der Waals surface area contributed by atoms with Crippen molar-refractivity contribution in [3.63, 3.8) is 0 Å². The van der Waals surface area contributed by atoms with Gasteiger partial charge >= 0.3 is 0 Å². The van der Waals surface area contributed by atoms with Gasteiger partial charge in [-0.3, -0.25) is 14.4 Å². The fourth-order valence-corrected chi connectivity index (χ4v) is 5.32. The van der Waals surface area contributed by atoms with Gasteiger partial charge < -0.3 is 14.8 Å². The molecule has 3 aromatic carbocycles. The first-order chi connectivity index (χ1) is 17.8. The Bertz CT molecular complexity index is 1320. The van der Waals surface area contributed by atoms with Crippen LogP contribution in [0.15, 0.2) is 71.6 Å². The largest absolute Gasteiger partial charge is 0.497 e. The van der Waals surface area contributed by atoms with Gasteiger partial charge in [-0.25, -0.2) is 12.8 Å². The van der Waals surface area contributed by atoms with Crippen molar-refractivity contribution in [1.29, 1.82) is 0 Å². The molecular formula is C27H30FN3O5S. The molecule has 1 heterocycles. The van der Waals surface area contributed by atoms with Gasteiger partial charge in [-0.1, -0.05) is 12.1 Å². The summed E-state index contributed by atoms with van der Waals surface area (Å²) in [7, 11) is -0.920. The van der Waals surface area contributed by atoms with Crippen LogP contribution in [0.2, 0.25) is 0 Å². The number of carbonyl (C=O) groups excluding carboxylic acids is 1. The molecule has 2 N–H and O–H groups in total. The molecule has 3 aromatic rings. The first kappa shape index (κ1) is 26.4. The second-order valence-electron chi connectivity index (χ2n) is 8.86. The summed E-state index contributed by atoms with van der Waals surface area (Å²) in [4.78, 5) is 15.1. The van der Waals surface area contributed by atoms with E-state index in [9.17, 15) is 17.6 Å². The number of benzene rings is 3. The summed E-state index contributed by atoms with van der Waals surface area (Å²) in [5.74, 6) is 0.405. The zero-order valence-corrected chi connectivity index (χ0v) is 21.6. The molecule has 1 aliphatic heterocycles. The summed E-state index contributed by atoms with van der Waals surface area (Å²) >= 11 is 0. The Labute approximate surface area is 216 Å². The van der Waals surface area contributed by atoms with Gasteiger partial charge in [0.2, 0.25) is 5.91 Å². The van der Waals surface area contributed by atoms with Crippen molar-refractivity contribution in [2.75, 3.05) is 37.3 Å². The number of amides is 1. The molecule has 0 radical (unpaired) electrons. The molecule has 0 spiro atoms. The van der Waals surface area contributed by atoms with Crippen molar-refractivity contribution >= 4 is 27.3 Å². The number of hydrogen-bond acceptors (Lipinski definition) is 6. The standard InChI is InChI=1S/C27H30FN3O5S/c1-35-23-9-12-25(26(17-23)36-2)30-37(33,34)24-10-7-22(8-11-24)29-27(32)20-13-15-31(16-14-20)18-19-3-5-21(28)6-4-19/h3-12,17,20,30H,13-16,18H2,1-2H3,(H,29,32). The number of halogens is 1. The molecule has 0 unspecified atom stereocenters. The van der Waals surface area contributed by atoms with E-state index in [0.29, 0.717) is 30.0 Å². The number of carbonyl (C=O) groups is 1. The van der Waals surface area contributed by atoms with Crippen LogP contribution in [-0.2, 0) is 21.4 Å². The number of likely N-dealkylation sites (tertiary alicyclic amines) is 1. The number of ether oxygens (including phenoxy) is 2. The zero-order valence-electron chi connectivity index (χ0n) is 20.7. The van der Waals surface area contributed by atoms with Crippen LogP contribution in [-0.4, -0.2) is 46.5 Å². The molecule has 1 fully saturated rings. The van der Waals surface area contributed by atoms with Crippen molar-refractivity contribution in [3.05, 3.63) is 78.1 Å². The van der Waals surface area contributed by atoms with Gasteiger partial charge in [0.05, 0.1) is 24.8 Å². The van der Waals surface area contributed by atoms with E-state index in [-0.39, 0.29) is 28.2 Å². The average Bonchev–Trinajstić information content (AvgIpc) is 2.90. The van der Waals surface area contributed by atoms with Crippen LogP contribution in [0.3, 0.4) is 0 Å². The minimum absolute atomic E-state index is 0.0532. The lowest BCUT2D eigenvalue weighted by atomic mass is 9.95. The monoisotopic (exact) mass is 527 g/mol. The Balaban J connectivity index is 1.31. The van der Waals surface area contributed by atoms with E-state index in [4.69, 9.17) is 9.47 Å². The van der Waals surface area contributed by atoms with E-state index in [0.717, 1.165) is 25.2 Å². The smallest absolute Gasteiger partial charge is 0.262 e. The lowest BCUT2D eigenvalue weighted by Gasteiger charge is -2.31. The van der Waals surface area contributed by atoms with Crippen LogP contribution in [0, 0.1) is 11.7 Å². The van der Waals surface area contributed by atoms with Gasteiger partial charge in [0.25, 0.3) is 10.0 Å². The van der Waals surface area contributed by atoms with Gasteiger partial charge in [0, 0.05) is 24.2 Å². The summed E-state index contributed by atoms with van der Waals surface area (Å²) < 4.78 is 51.8. The molecule has 0 bridgehead atoms. The molecule has 196 valence electrons. The van der Waals surface area contributed by atoms with Crippen LogP contribution in [0.25, 0.3) is 0 Å². The van der Waals surface area contributed by atoms with Crippen molar-refractivity contribution in [2.24, 2.45) is 5.92 Å². The van der Waals surface area contributed by atoms with Gasteiger partial charge in [-0.2, -0.15) is 0 Å². The second-order valence-corrected chi connectivity index (χ2v) is 10.5. The highest BCUT2D eigenvalue weighted by molar-refractivity contribution is 7.92. The van der Waals surface area contributed by atoms with E-state index in [1.165, 1.54) is 38.5 Å². The molecular weight excluding hydrogens is 497 g/mol. The first-order valence-electron chi connectivity index (χ1n) is 11.9. The maximum atomic E-state index is 13.1. The lowest BCUT2D eigenvalue weighted by Crippen LogP contribution is -2.37. The minimum Gasteiger partial charge on any atom is -0.497 e. The number of piperidine rings is 1. The molecule has 10 heteroatoms. The molecule has 1 aliphatic rings. The van der Waals surface area contributed by atoms with Crippen molar-refractivity contribution in [1.82, 2.24) is 4.90 Å². The molecule has 0 atom stereocenters. The maximum Gasteiger partial charge on any atom is 0.262 e. The number of nitrogens with one attached hydrogen (secondary N) is 2. The average molecular weight is 528 g/mol. The Morgan fingerprint density at radius 2 is 1.65 bits per heavy atom. The summed E-state index contributed by atoms with van der Waals surface area (Å²) in [5.41, 5.74) is 1.85. The molecule has 1 amide bonds. The molecule has 0 aromatic heterocycles. The van der Waals surface area contributed by atoms with Crippen LogP contribution >= 0.6 is 0 Å². The Morgan fingerprint density at radius 3 is 2.27 bits per heavy atom. The number of rotatable bonds is 9. The van der Waals surface area contributed by atoms with Gasteiger partial charge in [0.15, 0.2) is 0 Å². The normalized spacial score (nSPS) is 14.7.